The summed E-state index contributed by atoms with van der Waals surface area (Å²) in [5, 5.41) is 38.3. The Hall–Kier alpha value is -2.32. The quantitative estimate of drug-likeness (QED) is 0.383. The maximum atomic E-state index is 10.7. The number of nitro benzene ring substituents is 1. The summed E-state index contributed by atoms with van der Waals surface area (Å²) in [6.45, 7) is 0. The van der Waals surface area contributed by atoms with Crippen LogP contribution in [0.1, 0.15) is 28.4 Å². The number of aldehydes is 1. The second-order valence-electron chi connectivity index (χ2n) is 3.80. The molecular weight excluding hydrogens is 258 g/mol. The number of carbonyl (C=O) groups excluding carboxylic acids is 1. The molecule has 0 aliphatic heterocycles. The number of aliphatic hydroxyl groups is 2. The third-order valence-electron chi connectivity index (χ3n) is 2.47. The topological polar surface area (TPSA) is 138 Å². The Morgan fingerprint density at radius 2 is 2.05 bits per heavy atom. The number of nitrogens with zero attached hydrogens (tertiary/aromatic N) is 1. The van der Waals surface area contributed by atoms with Crippen LogP contribution in [-0.2, 0) is 4.79 Å². The zero-order valence-electron chi connectivity index (χ0n) is 9.59. The molecule has 19 heavy (non-hydrogen) atoms. The predicted octanol–water partition coefficient (Wildman–Crippen LogP) is 0.276. The summed E-state index contributed by atoms with van der Waals surface area (Å²) in [5.41, 5.74) is -0.728. The van der Waals surface area contributed by atoms with E-state index in [2.05, 4.69) is 0 Å². The number of benzene rings is 1. The first-order valence-electron chi connectivity index (χ1n) is 5.18. The minimum absolute atomic E-state index is 0.0361. The van der Waals surface area contributed by atoms with Crippen molar-refractivity contribution in [2.24, 2.45) is 0 Å². The second kappa shape index (κ2) is 6.03. The Kier molecular flexibility index (Phi) is 4.67. The fraction of sp³-hybridized carbons (Fsp3) is 0.273. The number of hydrogen-bond donors (Lipinski definition) is 3. The van der Waals surface area contributed by atoms with E-state index in [1.807, 2.05) is 0 Å². The molecule has 102 valence electrons. The third kappa shape index (κ3) is 3.57. The highest BCUT2D eigenvalue weighted by Crippen LogP contribution is 2.25. The molecule has 0 radical (unpaired) electrons. The number of rotatable bonds is 6. The lowest BCUT2D eigenvalue weighted by molar-refractivity contribution is -0.385. The number of carbonyl (C=O) groups is 2. The summed E-state index contributed by atoms with van der Waals surface area (Å²) in [7, 11) is 0. The van der Waals surface area contributed by atoms with Crippen molar-refractivity contribution in [2.45, 2.75) is 18.6 Å². The molecule has 3 N–H and O–H groups in total. The van der Waals surface area contributed by atoms with Gasteiger partial charge in [-0.05, 0) is 11.6 Å². The molecule has 0 amide bonds. The Bertz CT molecular complexity index is 514. The Morgan fingerprint density at radius 3 is 2.53 bits per heavy atom. The van der Waals surface area contributed by atoms with Crippen LogP contribution in [0.3, 0.4) is 0 Å². The normalized spacial score (nSPS) is 13.6. The number of carboxylic acid groups (broad SMARTS) is 1. The van der Waals surface area contributed by atoms with Gasteiger partial charge in [-0.2, -0.15) is 0 Å². The zero-order valence-corrected chi connectivity index (χ0v) is 9.59. The number of hydrogen-bond acceptors (Lipinski definition) is 6. The van der Waals surface area contributed by atoms with Crippen LogP contribution in [0.15, 0.2) is 18.2 Å². The lowest BCUT2D eigenvalue weighted by atomic mass is 10.00. The molecule has 2 unspecified atom stereocenters. The van der Waals surface area contributed by atoms with Crippen molar-refractivity contribution in [3.8, 4) is 0 Å². The van der Waals surface area contributed by atoms with Gasteiger partial charge in [-0.3, -0.25) is 19.7 Å². The number of aliphatic hydroxyl groups excluding tert-OH is 2. The van der Waals surface area contributed by atoms with E-state index >= 15 is 0 Å². The van der Waals surface area contributed by atoms with Crippen LogP contribution in [0.5, 0.6) is 0 Å². The largest absolute Gasteiger partial charge is 0.481 e. The lowest BCUT2D eigenvalue weighted by Crippen LogP contribution is -2.21. The zero-order chi connectivity index (χ0) is 14.6. The van der Waals surface area contributed by atoms with Crippen molar-refractivity contribution in [1.29, 1.82) is 0 Å². The summed E-state index contributed by atoms with van der Waals surface area (Å²) in [6.07, 6.45) is -3.60. The summed E-state index contributed by atoms with van der Waals surface area (Å²) in [6, 6.07) is 3.27. The van der Waals surface area contributed by atoms with Gasteiger partial charge >= 0.3 is 5.97 Å². The highest BCUT2D eigenvalue weighted by atomic mass is 16.6. The molecule has 0 bridgehead atoms. The molecule has 0 aliphatic rings. The molecule has 2 atom stereocenters. The first-order chi connectivity index (χ1) is 8.86. The van der Waals surface area contributed by atoms with Crippen molar-refractivity contribution < 1.29 is 29.8 Å². The van der Waals surface area contributed by atoms with E-state index in [1.165, 1.54) is 6.07 Å². The molecule has 0 aliphatic carbocycles. The minimum atomic E-state index is -1.60. The second-order valence-corrected chi connectivity index (χ2v) is 3.80. The van der Waals surface area contributed by atoms with Gasteiger partial charge in [0.15, 0.2) is 6.29 Å². The van der Waals surface area contributed by atoms with Gasteiger partial charge in [0, 0.05) is 6.07 Å². The van der Waals surface area contributed by atoms with E-state index in [0.717, 1.165) is 12.1 Å². The van der Waals surface area contributed by atoms with Crippen LogP contribution in [0.25, 0.3) is 0 Å². The molecule has 8 heteroatoms. The number of nitro groups is 1. The Labute approximate surface area is 107 Å². The molecular formula is C11H11NO7. The standard InChI is InChI=1S/C11H11NO7/c13-5-7-2-1-6(3-8(7)12(18)19)11(17)9(14)4-10(15)16/h1-3,5,9,11,14,17H,4H2,(H,15,16). The highest BCUT2D eigenvalue weighted by Gasteiger charge is 2.24. The molecule has 1 aromatic rings. The van der Waals surface area contributed by atoms with E-state index in [1.54, 1.807) is 0 Å². The maximum absolute atomic E-state index is 10.7. The van der Waals surface area contributed by atoms with Crippen LogP contribution >= 0.6 is 0 Å². The molecule has 0 saturated heterocycles. The molecule has 1 rings (SSSR count). The van der Waals surface area contributed by atoms with Crippen LogP contribution in [0, 0.1) is 10.1 Å². The fourth-order valence-electron chi connectivity index (χ4n) is 1.52. The van der Waals surface area contributed by atoms with Crippen molar-refractivity contribution in [3.05, 3.63) is 39.4 Å². The van der Waals surface area contributed by atoms with E-state index in [-0.39, 0.29) is 11.1 Å². The molecule has 0 saturated carbocycles. The minimum Gasteiger partial charge on any atom is -0.481 e. The van der Waals surface area contributed by atoms with Gasteiger partial charge in [-0.25, -0.2) is 0 Å². The van der Waals surface area contributed by atoms with Gasteiger partial charge in [-0.15, -0.1) is 0 Å². The van der Waals surface area contributed by atoms with E-state index < -0.39 is 35.2 Å². The van der Waals surface area contributed by atoms with Crippen molar-refractivity contribution in [2.75, 3.05) is 0 Å². The Morgan fingerprint density at radius 1 is 1.42 bits per heavy atom. The van der Waals surface area contributed by atoms with Gasteiger partial charge in [0.2, 0.25) is 0 Å². The first-order valence-corrected chi connectivity index (χ1v) is 5.18. The molecule has 0 heterocycles. The highest BCUT2D eigenvalue weighted by molar-refractivity contribution is 5.81. The van der Waals surface area contributed by atoms with Crippen molar-refractivity contribution in [1.82, 2.24) is 0 Å². The average Bonchev–Trinajstić information content (AvgIpc) is 2.36. The SMILES string of the molecule is O=Cc1ccc(C(O)C(O)CC(=O)O)cc1[N+](=O)[O-]. The van der Waals surface area contributed by atoms with Gasteiger partial charge in [-0.1, -0.05) is 6.07 Å². The molecule has 1 aromatic carbocycles. The molecule has 0 spiro atoms. The third-order valence-corrected chi connectivity index (χ3v) is 2.47. The van der Waals surface area contributed by atoms with Crippen LogP contribution in [0.4, 0.5) is 5.69 Å². The summed E-state index contributed by atoms with van der Waals surface area (Å²) < 4.78 is 0. The monoisotopic (exact) mass is 269 g/mol. The van der Waals surface area contributed by atoms with Crippen molar-refractivity contribution in [3.63, 3.8) is 0 Å². The van der Waals surface area contributed by atoms with Crippen molar-refractivity contribution >= 4 is 17.9 Å². The average molecular weight is 269 g/mol. The summed E-state index contributed by atoms with van der Waals surface area (Å²) in [4.78, 5) is 30.9. The predicted molar refractivity (Wildman–Crippen MR) is 61.7 cm³/mol. The lowest BCUT2D eigenvalue weighted by Gasteiger charge is -2.16. The first kappa shape index (κ1) is 14.7. The number of aliphatic carboxylic acids is 1. The van der Waals surface area contributed by atoms with E-state index in [4.69, 9.17) is 5.11 Å². The van der Waals surface area contributed by atoms with Gasteiger partial charge in [0.1, 0.15) is 6.10 Å². The van der Waals surface area contributed by atoms with E-state index in [9.17, 15) is 29.9 Å². The summed E-state index contributed by atoms with van der Waals surface area (Å²) >= 11 is 0. The number of carboxylic acids is 1. The molecule has 8 nitrogen and oxygen atoms in total. The molecule has 0 aromatic heterocycles. The molecule has 0 fully saturated rings. The van der Waals surface area contributed by atoms with Crippen LogP contribution in [-0.4, -0.2) is 38.6 Å². The van der Waals surface area contributed by atoms with Gasteiger partial charge in [0.05, 0.1) is 23.0 Å². The van der Waals surface area contributed by atoms with Crippen LogP contribution in [0.2, 0.25) is 0 Å². The Balaban J connectivity index is 3.07. The van der Waals surface area contributed by atoms with E-state index in [0.29, 0.717) is 6.29 Å². The maximum Gasteiger partial charge on any atom is 0.306 e. The van der Waals surface area contributed by atoms with Gasteiger partial charge in [0.25, 0.3) is 5.69 Å². The van der Waals surface area contributed by atoms with Gasteiger partial charge < -0.3 is 15.3 Å². The summed E-state index contributed by atoms with van der Waals surface area (Å²) in [5.74, 6) is -1.31. The smallest absolute Gasteiger partial charge is 0.306 e. The van der Waals surface area contributed by atoms with Crippen LogP contribution < -0.4 is 0 Å². The fourth-order valence-corrected chi connectivity index (χ4v) is 1.52.